The monoisotopic (exact) mass is 280 g/mol. The molecule has 1 aliphatic heterocycles. The van der Waals surface area contributed by atoms with Gasteiger partial charge in [-0.05, 0) is 38.0 Å². The first-order chi connectivity index (χ1) is 9.60. The predicted octanol–water partition coefficient (Wildman–Crippen LogP) is 2.10. The van der Waals surface area contributed by atoms with Crippen molar-refractivity contribution >= 4 is 0 Å². The second-order valence-corrected chi connectivity index (χ2v) is 5.85. The van der Waals surface area contributed by atoms with Gasteiger partial charge in [0.2, 0.25) is 0 Å². The Bertz CT molecular complexity index is 407. The fourth-order valence-electron chi connectivity index (χ4n) is 2.84. The van der Waals surface area contributed by atoms with Gasteiger partial charge in [-0.1, -0.05) is 12.1 Å². The molecule has 1 aromatic carbocycles. The Kier molecular flexibility index (Phi) is 5.52. The number of rotatable bonds is 5. The highest BCUT2D eigenvalue weighted by atomic mass is 19.1. The van der Waals surface area contributed by atoms with Gasteiger partial charge in [0.25, 0.3) is 0 Å². The van der Waals surface area contributed by atoms with E-state index in [-0.39, 0.29) is 12.4 Å². The summed E-state index contributed by atoms with van der Waals surface area (Å²) in [5.41, 5.74) is 1.13. The molecule has 0 saturated carbocycles. The summed E-state index contributed by atoms with van der Waals surface area (Å²) in [5, 5.41) is 9.27. The summed E-state index contributed by atoms with van der Waals surface area (Å²) < 4.78 is 12.9. The van der Waals surface area contributed by atoms with Crippen molar-refractivity contribution in [1.82, 2.24) is 9.80 Å². The third kappa shape index (κ3) is 4.01. The van der Waals surface area contributed by atoms with E-state index in [1.165, 1.54) is 12.1 Å². The normalized spacial score (nSPS) is 21.6. The van der Waals surface area contributed by atoms with Crippen LogP contribution >= 0.6 is 0 Å². The molecule has 1 atom stereocenters. The number of benzene rings is 1. The Morgan fingerprint density at radius 2 is 1.95 bits per heavy atom. The molecule has 0 aliphatic carbocycles. The fraction of sp³-hybridized carbons (Fsp3) is 0.625. The van der Waals surface area contributed by atoms with Crippen molar-refractivity contribution < 1.29 is 9.50 Å². The highest BCUT2D eigenvalue weighted by Gasteiger charge is 2.27. The molecule has 112 valence electrons. The van der Waals surface area contributed by atoms with E-state index in [0.717, 1.165) is 38.2 Å². The smallest absolute Gasteiger partial charge is 0.123 e. The van der Waals surface area contributed by atoms with Gasteiger partial charge >= 0.3 is 0 Å². The molecule has 0 unspecified atom stereocenters. The van der Waals surface area contributed by atoms with Crippen LogP contribution in [0.1, 0.15) is 25.8 Å². The molecule has 1 saturated heterocycles. The molecule has 1 fully saturated rings. The van der Waals surface area contributed by atoms with Crippen LogP contribution in [0.25, 0.3) is 0 Å². The highest BCUT2D eigenvalue weighted by molar-refractivity contribution is 5.16. The minimum absolute atomic E-state index is 0.190. The van der Waals surface area contributed by atoms with Gasteiger partial charge in [0.05, 0.1) is 0 Å². The number of nitrogens with zero attached hydrogens (tertiary/aromatic N) is 2. The van der Waals surface area contributed by atoms with E-state index in [4.69, 9.17) is 0 Å². The lowest BCUT2D eigenvalue weighted by Gasteiger charge is -2.43. The van der Waals surface area contributed by atoms with Gasteiger partial charge in [0.1, 0.15) is 5.82 Å². The van der Waals surface area contributed by atoms with Crippen molar-refractivity contribution in [2.24, 2.45) is 0 Å². The van der Waals surface area contributed by atoms with E-state index in [0.29, 0.717) is 12.1 Å². The average Bonchev–Trinajstić information content (AvgIpc) is 2.43. The van der Waals surface area contributed by atoms with Crippen molar-refractivity contribution in [3.05, 3.63) is 35.6 Å². The van der Waals surface area contributed by atoms with Gasteiger partial charge in [-0.15, -0.1) is 0 Å². The summed E-state index contributed by atoms with van der Waals surface area (Å²) in [6, 6.07) is 7.65. The number of halogens is 1. The summed E-state index contributed by atoms with van der Waals surface area (Å²) in [7, 11) is 0. The largest absolute Gasteiger partial charge is 0.396 e. The lowest BCUT2D eigenvalue weighted by atomic mass is 10.1. The maximum atomic E-state index is 12.9. The van der Waals surface area contributed by atoms with Gasteiger partial charge < -0.3 is 5.11 Å². The Morgan fingerprint density at radius 1 is 1.25 bits per heavy atom. The maximum absolute atomic E-state index is 12.9. The van der Waals surface area contributed by atoms with E-state index in [1.807, 2.05) is 12.1 Å². The zero-order chi connectivity index (χ0) is 14.5. The third-order valence-electron chi connectivity index (χ3n) is 4.13. The van der Waals surface area contributed by atoms with Crippen LogP contribution in [-0.4, -0.2) is 53.2 Å². The molecule has 20 heavy (non-hydrogen) atoms. The van der Waals surface area contributed by atoms with Gasteiger partial charge in [-0.2, -0.15) is 0 Å². The van der Waals surface area contributed by atoms with Gasteiger partial charge in [0.15, 0.2) is 0 Å². The molecule has 3 nitrogen and oxygen atoms in total. The van der Waals surface area contributed by atoms with Crippen molar-refractivity contribution in [2.45, 2.75) is 38.9 Å². The molecule has 1 heterocycles. The third-order valence-corrected chi connectivity index (χ3v) is 4.13. The zero-order valence-corrected chi connectivity index (χ0v) is 12.4. The first kappa shape index (κ1) is 15.4. The average molecular weight is 280 g/mol. The van der Waals surface area contributed by atoms with E-state index in [2.05, 4.69) is 23.6 Å². The van der Waals surface area contributed by atoms with Crippen LogP contribution in [-0.2, 0) is 6.54 Å². The van der Waals surface area contributed by atoms with Gasteiger partial charge in [-0.25, -0.2) is 4.39 Å². The minimum Gasteiger partial charge on any atom is -0.396 e. The summed E-state index contributed by atoms with van der Waals surface area (Å²) in [6.07, 6.45) is 0.796. The summed E-state index contributed by atoms with van der Waals surface area (Å²) in [4.78, 5) is 4.86. The first-order valence-corrected chi connectivity index (χ1v) is 7.43. The first-order valence-electron chi connectivity index (χ1n) is 7.43. The predicted molar refractivity (Wildman–Crippen MR) is 79.0 cm³/mol. The molecular weight excluding hydrogens is 255 g/mol. The Balaban J connectivity index is 2.00. The number of hydrogen-bond acceptors (Lipinski definition) is 3. The van der Waals surface area contributed by atoms with Crippen LogP contribution in [0, 0.1) is 5.82 Å². The lowest BCUT2D eigenvalue weighted by molar-refractivity contribution is 0.0389. The fourth-order valence-corrected chi connectivity index (χ4v) is 2.84. The van der Waals surface area contributed by atoms with Crippen molar-refractivity contribution in [2.75, 3.05) is 26.2 Å². The number of piperazine rings is 1. The van der Waals surface area contributed by atoms with Gasteiger partial charge in [0, 0.05) is 44.9 Å². The topological polar surface area (TPSA) is 26.7 Å². The number of aliphatic hydroxyl groups is 1. The number of hydrogen-bond donors (Lipinski definition) is 1. The Morgan fingerprint density at radius 3 is 2.55 bits per heavy atom. The summed E-state index contributed by atoms with van der Waals surface area (Å²) >= 11 is 0. The molecule has 1 aliphatic rings. The van der Waals surface area contributed by atoms with Crippen molar-refractivity contribution in [3.63, 3.8) is 0 Å². The Hall–Kier alpha value is -0.970. The SMILES string of the molecule is CC(C)N1CCN(Cc2ccc(F)cc2)[C@@H](CCO)C1. The van der Waals surface area contributed by atoms with Crippen molar-refractivity contribution in [3.8, 4) is 0 Å². The minimum atomic E-state index is -0.190. The lowest BCUT2D eigenvalue weighted by Crippen LogP contribution is -2.54. The second-order valence-electron chi connectivity index (χ2n) is 5.85. The Labute approximate surface area is 121 Å². The van der Waals surface area contributed by atoms with Crippen LogP contribution in [0.2, 0.25) is 0 Å². The van der Waals surface area contributed by atoms with Crippen LogP contribution in [0.3, 0.4) is 0 Å². The van der Waals surface area contributed by atoms with E-state index < -0.39 is 0 Å². The van der Waals surface area contributed by atoms with Crippen LogP contribution in [0.4, 0.5) is 4.39 Å². The molecule has 2 rings (SSSR count). The molecule has 0 spiro atoms. The molecule has 0 aromatic heterocycles. The van der Waals surface area contributed by atoms with E-state index in [1.54, 1.807) is 0 Å². The molecule has 0 bridgehead atoms. The molecule has 1 aromatic rings. The highest BCUT2D eigenvalue weighted by Crippen LogP contribution is 2.18. The van der Waals surface area contributed by atoms with Gasteiger partial charge in [-0.3, -0.25) is 9.80 Å². The maximum Gasteiger partial charge on any atom is 0.123 e. The van der Waals surface area contributed by atoms with E-state index in [9.17, 15) is 9.50 Å². The standard InChI is InChI=1S/C16H25FN2O/c1-13(2)18-8-9-19(16(12-18)7-10-20)11-14-3-5-15(17)6-4-14/h3-6,13,16,20H,7-12H2,1-2H3/t16-/m0/s1. The molecule has 1 N–H and O–H groups in total. The molecule has 4 heteroatoms. The summed E-state index contributed by atoms with van der Waals surface area (Å²) in [5.74, 6) is -0.190. The van der Waals surface area contributed by atoms with Crippen molar-refractivity contribution in [1.29, 1.82) is 0 Å². The second kappa shape index (κ2) is 7.16. The van der Waals surface area contributed by atoms with E-state index >= 15 is 0 Å². The van der Waals surface area contributed by atoms with Crippen LogP contribution < -0.4 is 0 Å². The molecule has 0 radical (unpaired) electrons. The molecule has 0 amide bonds. The number of aliphatic hydroxyl groups excluding tert-OH is 1. The van der Waals surface area contributed by atoms with Crippen LogP contribution in [0.5, 0.6) is 0 Å². The van der Waals surface area contributed by atoms with Crippen LogP contribution in [0.15, 0.2) is 24.3 Å². The zero-order valence-electron chi connectivity index (χ0n) is 12.4. The molecular formula is C16H25FN2O. The summed E-state index contributed by atoms with van der Waals surface area (Å²) in [6.45, 7) is 8.53. The quantitative estimate of drug-likeness (QED) is 0.895.